The van der Waals surface area contributed by atoms with Crippen LogP contribution in [0.25, 0.3) is 17.1 Å². The van der Waals surface area contributed by atoms with E-state index in [0.29, 0.717) is 17.2 Å². The molecule has 1 heterocycles. The van der Waals surface area contributed by atoms with Gasteiger partial charge in [0.05, 0.1) is 16.3 Å². The lowest BCUT2D eigenvalue weighted by Crippen LogP contribution is -2.04. The van der Waals surface area contributed by atoms with Crippen LogP contribution >= 0.6 is 11.6 Å². The molecule has 1 aromatic heterocycles. The van der Waals surface area contributed by atoms with E-state index in [4.69, 9.17) is 22.4 Å². The lowest BCUT2D eigenvalue weighted by molar-refractivity contribution is 0.0697. The van der Waals surface area contributed by atoms with Crippen LogP contribution in [0.4, 0.5) is 5.69 Å². The Morgan fingerprint density at radius 3 is 2.77 bits per heavy atom. The maximum absolute atomic E-state index is 11.2. The van der Waals surface area contributed by atoms with E-state index in [-0.39, 0.29) is 10.6 Å². The van der Waals surface area contributed by atoms with Crippen molar-refractivity contribution in [1.82, 2.24) is 20.2 Å². The molecule has 0 atom stereocenters. The molecule has 110 valence electrons. The molecule has 3 rings (SSSR count). The van der Waals surface area contributed by atoms with Gasteiger partial charge in [-0.05, 0) is 40.8 Å². The minimum Gasteiger partial charge on any atom is -0.478 e. The number of anilines is 1. The Hall–Kier alpha value is -2.93. The highest BCUT2D eigenvalue weighted by molar-refractivity contribution is 6.33. The number of carboxylic acids is 1. The molecule has 2 aromatic carbocycles. The predicted molar refractivity (Wildman–Crippen MR) is 81.0 cm³/mol. The molecule has 0 aliphatic rings. The van der Waals surface area contributed by atoms with Gasteiger partial charge in [0.25, 0.3) is 0 Å². The second-order valence-corrected chi connectivity index (χ2v) is 4.92. The summed E-state index contributed by atoms with van der Waals surface area (Å²) in [5, 5.41) is 20.8. The van der Waals surface area contributed by atoms with Crippen LogP contribution in [0.2, 0.25) is 5.02 Å². The average molecular weight is 316 g/mol. The smallest absolute Gasteiger partial charge is 0.337 e. The van der Waals surface area contributed by atoms with Gasteiger partial charge in [0.1, 0.15) is 0 Å². The lowest BCUT2D eigenvalue weighted by Gasteiger charge is -2.07. The van der Waals surface area contributed by atoms with Gasteiger partial charge < -0.3 is 10.8 Å². The molecule has 0 saturated heterocycles. The van der Waals surface area contributed by atoms with Crippen molar-refractivity contribution < 1.29 is 9.90 Å². The largest absolute Gasteiger partial charge is 0.478 e. The lowest BCUT2D eigenvalue weighted by atomic mass is 10.1. The van der Waals surface area contributed by atoms with Crippen LogP contribution in [0.1, 0.15) is 10.4 Å². The third-order valence-electron chi connectivity index (χ3n) is 3.04. The Labute approximate surface area is 129 Å². The molecular formula is C14H10ClN5O2. The molecular weight excluding hydrogens is 306 g/mol. The van der Waals surface area contributed by atoms with Crippen molar-refractivity contribution in [2.45, 2.75) is 0 Å². The number of halogens is 1. The molecule has 8 heteroatoms. The zero-order valence-electron chi connectivity index (χ0n) is 11.1. The molecule has 3 N–H and O–H groups in total. The normalized spacial score (nSPS) is 10.6. The molecule has 0 bridgehead atoms. The number of hydrogen-bond donors (Lipinski definition) is 2. The van der Waals surface area contributed by atoms with Gasteiger partial charge in [-0.25, -0.2) is 4.79 Å². The number of carboxylic acid groups (broad SMARTS) is 1. The van der Waals surface area contributed by atoms with Crippen molar-refractivity contribution in [3.8, 4) is 17.1 Å². The standard InChI is InChI=1S/C14H10ClN5O2/c15-12-5-4-10(7-11(12)14(21)22)20-13(17-18-19-20)8-2-1-3-9(16)6-8/h1-7H,16H2,(H,21,22). The summed E-state index contributed by atoms with van der Waals surface area (Å²) in [7, 11) is 0. The van der Waals surface area contributed by atoms with Crippen molar-refractivity contribution >= 4 is 23.3 Å². The van der Waals surface area contributed by atoms with E-state index in [1.54, 1.807) is 24.3 Å². The van der Waals surface area contributed by atoms with E-state index in [1.165, 1.54) is 16.8 Å². The molecule has 0 aliphatic heterocycles. The maximum Gasteiger partial charge on any atom is 0.337 e. The highest BCUT2D eigenvalue weighted by Gasteiger charge is 2.15. The number of carbonyl (C=O) groups is 1. The molecule has 22 heavy (non-hydrogen) atoms. The van der Waals surface area contributed by atoms with Gasteiger partial charge in [0, 0.05) is 11.3 Å². The highest BCUT2D eigenvalue weighted by Crippen LogP contribution is 2.24. The van der Waals surface area contributed by atoms with E-state index in [9.17, 15) is 4.79 Å². The van der Waals surface area contributed by atoms with Crippen molar-refractivity contribution in [1.29, 1.82) is 0 Å². The van der Waals surface area contributed by atoms with E-state index >= 15 is 0 Å². The second kappa shape index (κ2) is 5.45. The molecule has 0 aliphatic carbocycles. The van der Waals surface area contributed by atoms with Gasteiger partial charge >= 0.3 is 5.97 Å². The topological polar surface area (TPSA) is 107 Å². The summed E-state index contributed by atoms with van der Waals surface area (Å²) < 4.78 is 1.43. The van der Waals surface area contributed by atoms with Crippen LogP contribution in [0, 0.1) is 0 Å². The summed E-state index contributed by atoms with van der Waals surface area (Å²) >= 11 is 5.87. The number of aromatic nitrogens is 4. The first-order valence-corrected chi connectivity index (χ1v) is 6.61. The van der Waals surface area contributed by atoms with Crippen LogP contribution in [-0.4, -0.2) is 31.3 Å². The fourth-order valence-electron chi connectivity index (χ4n) is 2.03. The summed E-state index contributed by atoms with van der Waals surface area (Å²) in [5.74, 6) is -0.670. The minimum absolute atomic E-state index is 0.0202. The number of nitrogens with two attached hydrogens (primary N) is 1. The summed E-state index contributed by atoms with van der Waals surface area (Å²) in [6.07, 6.45) is 0. The molecule has 0 fully saturated rings. The van der Waals surface area contributed by atoms with Gasteiger partial charge in [-0.2, -0.15) is 4.68 Å². The maximum atomic E-state index is 11.2. The molecule has 0 unspecified atom stereocenters. The van der Waals surface area contributed by atoms with Crippen molar-refractivity contribution in [2.75, 3.05) is 5.73 Å². The first-order chi connectivity index (χ1) is 10.6. The predicted octanol–water partition coefficient (Wildman–Crippen LogP) is 2.26. The zero-order chi connectivity index (χ0) is 15.7. The monoisotopic (exact) mass is 315 g/mol. The first-order valence-electron chi connectivity index (χ1n) is 6.24. The number of nitrogens with zero attached hydrogens (tertiary/aromatic N) is 4. The Balaban J connectivity index is 2.13. The van der Waals surface area contributed by atoms with E-state index in [0.717, 1.165) is 5.56 Å². The van der Waals surface area contributed by atoms with Gasteiger partial charge in [-0.1, -0.05) is 23.7 Å². The number of rotatable bonds is 3. The second-order valence-electron chi connectivity index (χ2n) is 4.51. The average Bonchev–Trinajstić information content (AvgIpc) is 2.97. The molecule has 3 aromatic rings. The third kappa shape index (κ3) is 2.49. The number of tetrazole rings is 1. The van der Waals surface area contributed by atoms with Crippen LogP contribution in [0.5, 0.6) is 0 Å². The molecule has 7 nitrogen and oxygen atoms in total. The molecule has 0 amide bonds. The van der Waals surface area contributed by atoms with Crippen LogP contribution < -0.4 is 5.73 Å². The number of aromatic carboxylic acids is 1. The highest BCUT2D eigenvalue weighted by atomic mass is 35.5. The van der Waals surface area contributed by atoms with Crippen molar-refractivity contribution in [3.63, 3.8) is 0 Å². The summed E-state index contributed by atoms with van der Waals surface area (Å²) in [4.78, 5) is 11.2. The van der Waals surface area contributed by atoms with Crippen molar-refractivity contribution in [2.24, 2.45) is 0 Å². The van der Waals surface area contributed by atoms with E-state index in [1.807, 2.05) is 6.07 Å². The Morgan fingerprint density at radius 2 is 2.05 bits per heavy atom. The number of nitrogen functional groups attached to an aromatic ring is 1. The Morgan fingerprint density at radius 1 is 1.23 bits per heavy atom. The number of benzene rings is 2. The quantitative estimate of drug-likeness (QED) is 0.718. The van der Waals surface area contributed by atoms with Crippen molar-refractivity contribution in [3.05, 3.63) is 53.1 Å². The summed E-state index contributed by atoms with van der Waals surface area (Å²) in [5.41, 5.74) is 7.53. The van der Waals surface area contributed by atoms with Gasteiger partial charge in [0.2, 0.25) is 0 Å². The van der Waals surface area contributed by atoms with E-state index in [2.05, 4.69) is 15.5 Å². The fourth-order valence-corrected chi connectivity index (χ4v) is 2.23. The Kier molecular flexibility index (Phi) is 3.48. The summed E-state index contributed by atoms with van der Waals surface area (Å²) in [6, 6.07) is 11.6. The van der Waals surface area contributed by atoms with Gasteiger partial charge in [0.15, 0.2) is 5.82 Å². The number of hydrogen-bond acceptors (Lipinski definition) is 5. The SMILES string of the molecule is Nc1cccc(-c2nnnn2-c2ccc(Cl)c(C(=O)O)c2)c1. The zero-order valence-corrected chi connectivity index (χ0v) is 11.9. The van der Waals surface area contributed by atoms with Crippen LogP contribution in [-0.2, 0) is 0 Å². The van der Waals surface area contributed by atoms with E-state index < -0.39 is 5.97 Å². The van der Waals surface area contributed by atoms with Gasteiger partial charge in [-0.3, -0.25) is 0 Å². The molecule has 0 radical (unpaired) electrons. The minimum atomic E-state index is -1.12. The molecule has 0 saturated carbocycles. The molecule has 0 spiro atoms. The first kappa shape index (κ1) is 14.0. The van der Waals surface area contributed by atoms with Gasteiger partial charge in [-0.15, -0.1) is 5.10 Å². The van der Waals surface area contributed by atoms with Crippen LogP contribution in [0.15, 0.2) is 42.5 Å². The fraction of sp³-hybridized carbons (Fsp3) is 0. The Bertz CT molecular complexity index is 862. The van der Waals surface area contributed by atoms with Crippen LogP contribution in [0.3, 0.4) is 0 Å². The third-order valence-corrected chi connectivity index (χ3v) is 3.37. The summed E-state index contributed by atoms with van der Waals surface area (Å²) in [6.45, 7) is 0.